The third kappa shape index (κ3) is 4.13. The number of para-hydroxylation sites is 1. The van der Waals surface area contributed by atoms with E-state index in [0.717, 1.165) is 62.1 Å². The molecule has 0 aliphatic heterocycles. The van der Waals surface area contributed by atoms with Gasteiger partial charge in [0.15, 0.2) is 0 Å². The van der Waals surface area contributed by atoms with Gasteiger partial charge >= 0.3 is 0 Å². The summed E-state index contributed by atoms with van der Waals surface area (Å²) in [5, 5.41) is 11.9. The van der Waals surface area contributed by atoms with E-state index in [-0.39, 0.29) is 0 Å². The van der Waals surface area contributed by atoms with E-state index in [4.69, 9.17) is 8.83 Å². The van der Waals surface area contributed by atoms with Gasteiger partial charge in [-0.15, -0.1) is 0 Å². The molecular weight excluding hydrogens is 585 g/mol. The molecule has 0 amide bonds. The van der Waals surface area contributed by atoms with E-state index < -0.39 is 0 Å². The van der Waals surface area contributed by atoms with Crippen LogP contribution in [0.4, 0.5) is 0 Å². The molecular formula is C46H30O2. The fourth-order valence-corrected chi connectivity index (χ4v) is 7.78. The normalized spacial score (nSPS) is 17.0. The zero-order chi connectivity index (χ0) is 31.6. The average Bonchev–Trinajstić information content (AvgIpc) is 3.69. The monoisotopic (exact) mass is 614 g/mol. The Hall–Kier alpha value is -6.12. The Morgan fingerprint density at radius 2 is 1.04 bits per heavy atom. The Morgan fingerprint density at radius 1 is 0.417 bits per heavy atom. The smallest absolute Gasteiger partial charge is 0.136 e. The molecule has 2 heterocycles. The van der Waals surface area contributed by atoms with Crippen molar-refractivity contribution in [1.82, 2.24) is 0 Å². The van der Waals surface area contributed by atoms with Crippen LogP contribution < -0.4 is 0 Å². The van der Waals surface area contributed by atoms with Gasteiger partial charge in [-0.2, -0.15) is 0 Å². The molecule has 0 radical (unpaired) electrons. The van der Waals surface area contributed by atoms with Gasteiger partial charge in [0.25, 0.3) is 0 Å². The molecule has 7 aromatic carbocycles. The van der Waals surface area contributed by atoms with Gasteiger partial charge in [0.2, 0.25) is 0 Å². The van der Waals surface area contributed by atoms with Crippen LogP contribution in [0.15, 0.2) is 167 Å². The van der Waals surface area contributed by atoms with Crippen LogP contribution in [0.2, 0.25) is 0 Å². The van der Waals surface area contributed by atoms with Crippen molar-refractivity contribution in [3.8, 4) is 11.1 Å². The molecule has 1 aliphatic rings. The molecule has 0 atom stereocenters. The first-order valence-electron chi connectivity index (χ1n) is 16.6. The average molecular weight is 615 g/mol. The van der Waals surface area contributed by atoms with E-state index in [1.165, 1.54) is 49.2 Å². The third-order valence-corrected chi connectivity index (χ3v) is 9.92. The SMILES string of the molecule is C1=C\C/C=C\C=C(\c2c3ccccc3c(-c3ccc4oc5cc6ccc7oc8ccccc8c7c6cc5c4c3)c3ccccc23)C\C=C/1. The zero-order valence-electron chi connectivity index (χ0n) is 26.2. The first kappa shape index (κ1) is 27.0. The fourth-order valence-electron chi connectivity index (χ4n) is 7.78. The predicted molar refractivity (Wildman–Crippen MR) is 204 cm³/mol. The van der Waals surface area contributed by atoms with Crippen LogP contribution in [0.5, 0.6) is 0 Å². The molecule has 0 saturated heterocycles. The second kappa shape index (κ2) is 10.7. The van der Waals surface area contributed by atoms with Gasteiger partial charge in [-0.3, -0.25) is 0 Å². The van der Waals surface area contributed by atoms with Crippen LogP contribution in [0.25, 0.3) is 92.9 Å². The molecule has 0 spiro atoms. The van der Waals surface area contributed by atoms with Crippen molar-refractivity contribution in [3.05, 3.63) is 163 Å². The lowest BCUT2D eigenvalue weighted by Gasteiger charge is -2.19. The van der Waals surface area contributed by atoms with E-state index >= 15 is 0 Å². The van der Waals surface area contributed by atoms with Gasteiger partial charge in [-0.05, 0) is 104 Å². The molecule has 0 bridgehead atoms. The molecule has 48 heavy (non-hydrogen) atoms. The summed E-state index contributed by atoms with van der Waals surface area (Å²) >= 11 is 0. The van der Waals surface area contributed by atoms with Crippen LogP contribution in [-0.2, 0) is 0 Å². The molecule has 0 fully saturated rings. The molecule has 0 N–H and O–H groups in total. The minimum absolute atomic E-state index is 0.863. The number of fused-ring (bicyclic) bond motifs is 10. The van der Waals surface area contributed by atoms with E-state index in [0.29, 0.717) is 0 Å². The fraction of sp³-hybridized carbons (Fsp3) is 0.0435. The molecule has 2 nitrogen and oxygen atoms in total. The molecule has 0 unspecified atom stereocenters. The number of allylic oxidation sites excluding steroid dienone is 8. The Kier molecular flexibility index (Phi) is 6.04. The summed E-state index contributed by atoms with van der Waals surface area (Å²) in [6.45, 7) is 0. The van der Waals surface area contributed by atoms with Crippen molar-refractivity contribution in [2.45, 2.75) is 12.8 Å². The highest BCUT2D eigenvalue weighted by Gasteiger charge is 2.19. The van der Waals surface area contributed by atoms with Gasteiger partial charge in [-0.1, -0.05) is 121 Å². The van der Waals surface area contributed by atoms with Gasteiger partial charge in [0.1, 0.15) is 22.3 Å². The number of hydrogen-bond acceptors (Lipinski definition) is 2. The Bertz CT molecular complexity index is 2830. The van der Waals surface area contributed by atoms with Crippen LogP contribution in [0.1, 0.15) is 18.4 Å². The van der Waals surface area contributed by atoms with Crippen molar-refractivity contribution in [2.75, 3.05) is 0 Å². The third-order valence-electron chi connectivity index (χ3n) is 9.92. The molecule has 226 valence electrons. The quantitative estimate of drug-likeness (QED) is 0.181. The van der Waals surface area contributed by atoms with Crippen molar-refractivity contribution < 1.29 is 8.83 Å². The van der Waals surface area contributed by atoms with E-state index in [1.807, 2.05) is 12.1 Å². The Balaban J connectivity index is 1.24. The molecule has 9 aromatic rings. The lowest BCUT2D eigenvalue weighted by molar-refractivity contribution is 0.668. The minimum Gasteiger partial charge on any atom is -0.456 e. The highest BCUT2D eigenvalue weighted by atomic mass is 16.3. The number of rotatable bonds is 2. The molecule has 10 rings (SSSR count). The summed E-state index contributed by atoms with van der Waals surface area (Å²) < 4.78 is 12.7. The second-order valence-electron chi connectivity index (χ2n) is 12.7. The molecule has 2 aromatic heterocycles. The number of hydrogen-bond donors (Lipinski definition) is 0. The molecule has 2 heteroatoms. The number of benzene rings is 7. The van der Waals surface area contributed by atoms with Gasteiger partial charge in [0, 0.05) is 21.5 Å². The topological polar surface area (TPSA) is 26.3 Å². The van der Waals surface area contributed by atoms with Gasteiger partial charge in [-0.25, -0.2) is 0 Å². The molecule has 1 aliphatic carbocycles. The van der Waals surface area contributed by atoms with Crippen molar-refractivity contribution in [1.29, 1.82) is 0 Å². The summed E-state index contributed by atoms with van der Waals surface area (Å²) in [5.41, 5.74) is 8.65. The Labute approximate surface area is 277 Å². The minimum atomic E-state index is 0.863. The molecule has 0 saturated carbocycles. The highest BCUT2D eigenvalue weighted by molar-refractivity contribution is 6.24. The highest BCUT2D eigenvalue weighted by Crippen LogP contribution is 2.45. The standard InChI is InChI=1S/C46H30O2/c1-2-4-6-14-29(15-7-5-3-1)44-32-16-8-10-18-34(32)45(35-19-11-9-17-33(35)44)31-23-24-41-38(26-31)39-28-37-30(27-43(39)48-41)22-25-42-46(37)36-20-12-13-21-40(36)47-42/h1-2,4-13,15-28H,3,14H2/b2-1-,6-4-,7-5-,29-15+. The van der Waals surface area contributed by atoms with E-state index in [1.54, 1.807) is 0 Å². The first-order chi connectivity index (χ1) is 23.8. The Morgan fingerprint density at radius 3 is 1.85 bits per heavy atom. The largest absolute Gasteiger partial charge is 0.456 e. The van der Waals surface area contributed by atoms with E-state index in [2.05, 4.69) is 146 Å². The second-order valence-corrected chi connectivity index (χ2v) is 12.7. The maximum absolute atomic E-state index is 6.50. The van der Waals surface area contributed by atoms with Crippen LogP contribution >= 0.6 is 0 Å². The predicted octanol–water partition coefficient (Wildman–Crippen LogP) is 13.5. The van der Waals surface area contributed by atoms with Crippen LogP contribution in [0.3, 0.4) is 0 Å². The summed E-state index contributed by atoms with van der Waals surface area (Å²) in [5.74, 6) is 0. The van der Waals surface area contributed by atoms with E-state index in [9.17, 15) is 0 Å². The maximum atomic E-state index is 6.50. The van der Waals surface area contributed by atoms with Gasteiger partial charge in [0.05, 0.1) is 0 Å². The van der Waals surface area contributed by atoms with Crippen molar-refractivity contribution in [3.63, 3.8) is 0 Å². The summed E-state index contributed by atoms with van der Waals surface area (Å²) in [7, 11) is 0. The zero-order valence-corrected chi connectivity index (χ0v) is 26.2. The number of furan rings is 2. The summed E-state index contributed by atoms with van der Waals surface area (Å²) in [6, 6.07) is 41.4. The van der Waals surface area contributed by atoms with Gasteiger partial charge < -0.3 is 8.83 Å². The summed E-state index contributed by atoms with van der Waals surface area (Å²) in [6.07, 6.45) is 17.3. The summed E-state index contributed by atoms with van der Waals surface area (Å²) in [4.78, 5) is 0. The maximum Gasteiger partial charge on any atom is 0.136 e. The lowest BCUT2D eigenvalue weighted by Crippen LogP contribution is -1.94. The van der Waals surface area contributed by atoms with Crippen molar-refractivity contribution in [2.24, 2.45) is 0 Å². The van der Waals surface area contributed by atoms with Crippen LogP contribution in [-0.4, -0.2) is 0 Å². The van der Waals surface area contributed by atoms with Crippen LogP contribution in [0, 0.1) is 0 Å². The van der Waals surface area contributed by atoms with Crippen molar-refractivity contribution >= 4 is 81.8 Å². The first-order valence-corrected chi connectivity index (χ1v) is 16.6. The lowest BCUT2D eigenvalue weighted by atomic mass is 9.84.